The summed E-state index contributed by atoms with van der Waals surface area (Å²) in [6, 6.07) is 6.17. The lowest BCUT2D eigenvalue weighted by molar-refractivity contribution is -0.136. The molecule has 0 unspecified atom stereocenters. The molecule has 34 heavy (non-hydrogen) atoms. The van der Waals surface area contributed by atoms with E-state index in [1.54, 1.807) is 29.1 Å². The molecule has 178 valence electrons. The van der Waals surface area contributed by atoms with E-state index in [9.17, 15) is 18.0 Å². The van der Waals surface area contributed by atoms with Gasteiger partial charge < -0.3 is 5.32 Å². The lowest BCUT2D eigenvalue weighted by Crippen LogP contribution is -2.20. The topological polar surface area (TPSA) is 77.6 Å². The zero-order chi connectivity index (χ0) is 24.8. The van der Waals surface area contributed by atoms with Crippen LogP contribution in [-0.4, -0.2) is 30.5 Å². The van der Waals surface area contributed by atoms with Gasteiger partial charge in [-0.2, -0.15) is 23.4 Å². The molecule has 1 N–H and O–H groups in total. The highest BCUT2D eigenvalue weighted by molar-refractivity contribution is 9.10. The Hall–Kier alpha value is -2.63. The first-order chi connectivity index (χ1) is 15.9. The number of fused-ring (bicyclic) bond motifs is 1. The van der Waals surface area contributed by atoms with Crippen molar-refractivity contribution in [3.8, 4) is 0 Å². The molecule has 0 saturated heterocycles. The van der Waals surface area contributed by atoms with Gasteiger partial charge in [-0.05, 0) is 53.5 Å². The maximum absolute atomic E-state index is 13.5. The van der Waals surface area contributed by atoms with E-state index in [0.717, 1.165) is 16.3 Å². The van der Waals surface area contributed by atoms with E-state index in [1.165, 1.54) is 13.8 Å². The first kappa shape index (κ1) is 24.5. The van der Waals surface area contributed by atoms with E-state index in [-0.39, 0.29) is 34.8 Å². The molecule has 1 aromatic carbocycles. The molecule has 1 amide bonds. The summed E-state index contributed by atoms with van der Waals surface area (Å²) in [6.07, 6.45) is -2.90. The summed E-state index contributed by atoms with van der Waals surface area (Å²) in [4.78, 5) is 16.9. The van der Waals surface area contributed by atoms with Gasteiger partial charge in [0, 0.05) is 11.9 Å². The average molecular weight is 576 g/mol. The van der Waals surface area contributed by atoms with Gasteiger partial charge in [-0.3, -0.25) is 9.48 Å². The SMILES string of the molecule is Cc1cc(C(F)(F)F)c2c(C)nn(CC(=O)Nc3nn(Cc4ccc(Cl)c(Cl)c4)cc3Br)c2n1. The molecule has 4 rings (SSSR count). The van der Waals surface area contributed by atoms with Crippen LogP contribution in [0.25, 0.3) is 11.0 Å². The average Bonchev–Trinajstić information content (AvgIpc) is 3.22. The number of nitrogens with one attached hydrogen (secondary N) is 1. The van der Waals surface area contributed by atoms with Crippen LogP contribution < -0.4 is 5.32 Å². The molecule has 0 aliphatic rings. The second-order valence-electron chi connectivity index (χ2n) is 7.57. The van der Waals surface area contributed by atoms with Gasteiger partial charge >= 0.3 is 6.18 Å². The smallest absolute Gasteiger partial charge is 0.307 e. The van der Waals surface area contributed by atoms with E-state index in [0.29, 0.717) is 21.1 Å². The Bertz CT molecular complexity index is 1420. The van der Waals surface area contributed by atoms with E-state index in [1.807, 2.05) is 0 Å². The van der Waals surface area contributed by atoms with Crippen molar-refractivity contribution in [3.63, 3.8) is 0 Å². The summed E-state index contributed by atoms with van der Waals surface area (Å²) in [6.45, 7) is 2.94. The minimum Gasteiger partial charge on any atom is -0.307 e. The Labute approximate surface area is 210 Å². The molecule has 0 spiro atoms. The van der Waals surface area contributed by atoms with Crippen molar-refractivity contribution >= 4 is 61.9 Å². The Morgan fingerprint density at radius 2 is 1.88 bits per heavy atom. The lowest BCUT2D eigenvalue weighted by atomic mass is 10.1. The molecule has 13 heteroatoms. The summed E-state index contributed by atoms with van der Waals surface area (Å²) >= 11 is 15.3. The molecule has 0 saturated carbocycles. The maximum Gasteiger partial charge on any atom is 0.417 e. The van der Waals surface area contributed by atoms with Crippen molar-refractivity contribution in [2.75, 3.05) is 5.32 Å². The molecule has 0 radical (unpaired) electrons. The van der Waals surface area contributed by atoms with Crippen LogP contribution in [-0.2, 0) is 24.1 Å². The number of hydrogen-bond acceptors (Lipinski definition) is 4. The molecular weight excluding hydrogens is 560 g/mol. The number of carbonyl (C=O) groups is 1. The number of anilines is 1. The van der Waals surface area contributed by atoms with Crippen molar-refractivity contribution in [3.05, 3.63) is 67.5 Å². The molecule has 0 aliphatic carbocycles. The minimum absolute atomic E-state index is 0.0100. The first-order valence-corrected chi connectivity index (χ1v) is 11.4. The minimum atomic E-state index is -4.57. The molecule has 0 fully saturated rings. The summed E-state index contributed by atoms with van der Waals surface area (Å²) in [7, 11) is 0. The molecule has 3 heterocycles. The highest BCUT2D eigenvalue weighted by Crippen LogP contribution is 2.36. The van der Waals surface area contributed by atoms with Gasteiger partial charge in [0.25, 0.3) is 0 Å². The van der Waals surface area contributed by atoms with Gasteiger partial charge in [-0.15, -0.1) is 0 Å². The number of pyridine rings is 1. The van der Waals surface area contributed by atoms with Crippen molar-refractivity contribution in [1.82, 2.24) is 24.5 Å². The molecule has 0 atom stereocenters. The fraction of sp³-hybridized carbons (Fsp3) is 0.238. The Kier molecular flexibility index (Phi) is 6.63. The number of amides is 1. The van der Waals surface area contributed by atoms with Crippen molar-refractivity contribution in [2.24, 2.45) is 0 Å². The predicted octanol–water partition coefficient (Wildman–Crippen LogP) is 6.02. The number of carbonyl (C=O) groups excluding carboxylic acids is 1. The molecule has 7 nitrogen and oxygen atoms in total. The third-order valence-electron chi connectivity index (χ3n) is 4.91. The van der Waals surface area contributed by atoms with Gasteiger partial charge in [0.2, 0.25) is 5.91 Å². The number of aromatic nitrogens is 5. The fourth-order valence-electron chi connectivity index (χ4n) is 3.51. The normalized spacial score (nSPS) is 11.9. The molecule has 3 aromatic heterocycles. The number of hydrogen-bond donors (Lipinski definition) is 1. The van der Waals surface area contributed by atoms with Crippen LogP contribution in [0, 0.1) is 13.8 Å². The van der Waals surface area contributed by atoms with Crippen LogP contribution in [0.3, 0.4) is 0 Å². The van der Waals surface area contributed by atoms with Gasteiger partial charge in [0.05, 0.1) is 37.7 Å². The molecular formula is C21H16BrCl2F3N6O. The fourth-order valence-corrected chi connectivity index (χ4v) is 4.24. The van der Waals surface area contributed by atoms with Crippen molar-refractivity contribution in [1.29, 1.82) is 0 Å². The Morgan fingerprint density at radius 1 is 1.15 bits per heavy atom. The predicted molar refractivity (Wildman–Crippen MR) is 126 cm³/mol. The zero-order valence-electron chi connectivity index (χ0n) is 17.7. The Balaban J connectivity index is 1.54. The number of alkyl halides is 3. The summed E-state index contributed by atoms with van der Waals surface area (Å²) in [5.74, 6) is -0.278. The molecule has 0 bridgehead atoms. The number of nitrogens with zero attached hydrogens (tertiary/aromatic N) is 5. The quantitative estimate of drug-likeness (QED) is 0.316. The van der Waals surface area contributed by atoms with Crippen LogP contribution in [0.2, 0.25) is 10.0 Å². The number of halogens is 6. The summed E-state index contributed by atoms with van der Waals surface area (Å²) < 4.78 is 43.8. The first-order valence-electron chi connectivity index (χ1n) is 9.81. The summed E-state index contributed by atoms with van der Waals surface area (Å²) in [5.41, 5.74) is 0.315. The second-order valence-corrected chi connectivity index (χ2v) is 9.24. The lowest BCUT2D eigenvalue weighted by Gasteiger charge is -2.10. The van der Waals surface area contributed by atoms with E-state index in [4.69, 9.17) is 23.2 Å². The third kappa shape index (κ3) is 5.06. The third-order valence-corrected chi connectivity index (χ3v) is 6.23. The van der Waals surface area contributed by atoms with Crippen molar-refractivity contribution < 1.29 is 18.0 Å². The van der Waals surface area contributed by atoms with Crippen LogP contribution >= 0.6 is 39.1 Å². The van der Waals surface area contributed by atoms with Crippen LogP contribution in [0.4, 0.5) is 19.0 Å². The van der Waals surface area contributed by atoms with Crippen LogP contribution in [0.5, 0.6) is 0 Å². The highest BCUT2D eigenvalue weighted by atomic mass is 79.9. The van der Waals surface area contributed by atoms with Gasteiger partial charge in [-0.25, -0.2) is 9.67 Å². The van der Waals surface area contributed by atoms with Crippen molar-refractivity contribution in [2.45, 2.75) is 33.1 Å². The van der Waals surface area contributed by atoms with E-state index >= 15 is 0 Å². The molecule has 4 aromatic rings. The number of benzene rings is 1. The van der Waals surface area contributed by atoms with E-state index in [2.05, 4.69) is 36.4 Å². The number of aryl methyl sites for hydroxylation is 2. The largest absolute Gasteiger partial charge is 0.417 e. The van der Waals surface area contributed by atoms with Crippen LogP contribution in [0.1, 0.15) is 22.5 Å². The van der Waals surface area contributed by atoms with Gasteiger partial charge in [-0.1, -0.05) is 29.3 Å². The second kappa shape index (κ2) is 9.20. The van der Waals surface area contributed by atoms with Gasteiger partial charge in [0.15, 0.2) is 11.5 Å². The summed E-state index contributed by atoms with van der Waals surface area (Å²) in [5, 5.41) is 11.8. The maximum atomic E-state index is 13.5. The molecule has 0 aliphatic heterocycles. The number of rotatable bonds is 5. The monoisotopic (exact) mass is 574 g/mol. The van der Waals surface area contributed by atoms with Crippen LogP contribution in [0.15, 0.2) is 34.9 Å². The Morgan fingerprint density at radius 3 is 2.56 bits per heavy atom. The van der Waals surface area contributed by atoms with Gasteiger partial charge in [0.1, 0.15) is 6.54 Å². The zero-order valence-corrected chi connectivity index (χ0v) is 20.8. The van der Waals surface area contributed by atoms with E-state index < -0.39 is 17.6 Å². The highest BCUT2D eigenvalue weighted by Gasteiger charge is 2.35. The standard InChI is InChI=1S/C21H16BrCl2F3N6O/c1-10-5-13(21(25,26)27)18-11(2)30-33(20(18)28-10)9-17(34)29-19-14(22)8-32(31-19)7-12-3-4-15(23)16(24)6-12/h3-6,8H,7,9H2,1-2H3,(H,29,31,34).